The SMILES string of the molecule is COc1ccccc1[C@H](C)NC(=O)c1ccccc1NS(=O)(=O)c1ccccc1. The van der Waals surface area contributed by atoms with E-state index in [4.69, 9.17) is 4.74 Å². The Hall–Kier alpha value is -3.32. The normalized spacial score (nSPS) is 12.1. The molecule has 2 N–H and O–H groups in total. The predicted molar refractivity (Wildman–Crippen MR) is 113 cm³/mol. The highest BCUT2D eigenvalue weighted by Crippen LogP contribution is 2.26. The Balaban J connectivity index is 1.84. The molecule has 29 heavy (non-hydrogen) atoms. The van der Waals surface area contributed by atoms with E-state index in [1.165, 1.54) is 12.1 Å². The van der Waals surface area contributed by atoms with E-state index >= 15 is 0 Å². The van der Waals surface area contributed by atoms with Gasteiger partial charge in [0.15, 0.2) is 0 Å². The van der Waals surface area contributed by atoms with Crippen molar-refractivity contribution >= 4 is 21.6 Å². The number of anilines is 1. The van der Waals surface area contributed by atoms with Crippen LogP contribution in [0.3, 0.4) is 0 Å². The van der Waals surface area contributed by atoms with Crippen molar-refractivity contribution in [2.24, 2.45) is 0 Å². The molecular weight excluding hydrogens is 388 g/mol. The fourth-order valence-electron chi connectivity index (χ4n) is 2.95. The van der Waals surface area contributed by atoms with Crippen LogP contribution < -0.4 is 14.8 Å². The molecule has 0 radical (unpaired) electrons. The van der Waals surface area contributed by atoms with Gasteiger partial charge in [-0.3, -0.25) is 9.52 Å². The van der Waals surface area contributed by atoms with Gasteiger partial charge >= 0.3 is 0 Å². The van der Waals surface area contributed by atoms with Gasteiger partial charge in [0.2, 0.25) is 0 Å². The summed E-state index contributed by atoms with van der Waals surface area (Å²) in [6.45, 7) is 1.84. The number of hydrogen-bond donors (Lipinski definition) is 2. The maximum Gasteiger partial charge on any atom is 0.261 e. The summed E-state index contributed by atoms with van der Waals surface area (Å²) < 4.78 is 33.1. The smallest absolute Gasteiger partial charge is 0.261 e. The topological polar surface area (TPSA) is 84.5 Å². The molecule has 1 atom stereocenters. The number of para-hydroxylation sites is 2. The molecule has 0 heterocycles. The number of methoxy groups -OCH3 is 1. The van der Waals surface area contributed by atoms with E-state index in [0.717, 1.165) is 5.56 Å². The average molecular weight is 410 g/mol. The third kappa shape index (κ3) is 4.75. The Bertz CT molecular complexity index is 1100. The Morgan fingerprint density at radius 2 is 1.52 bits per heavy atom. The fraction of sp³-hybridized carbons (Fsp3) is 0.136. The van der Waals surface area contributed by atoms with Gasteiger partial charge in [-0.15, -0.1) is 0 Å². The number of benzene rings is 3. The van der Waals surface area contributed by atoms with E-state index in [1.54, 1.807) is 49.6 Å². The summed E-state index contributed by atoms with van der Waals surface area (Å²) in [6.07, 6.45) is 0. The average Bonchev–Trinajstić information content (AvgIpc) is 2.74. The first-order chi connectivity index (χ1) is 13.9. The highest BCUT2D eigenvalue weighted by atomic mass is 32.2. The van der Waals surface area contributed by atoms with E-state index in [2.05, 4.69) is 10.0 Å². The summed E-state index contributed by atoms with van der Waals surface area (Å²) in [6, 6.07) is 21.6. The van der Waals surface area contributed by atoms with Crippen LogP contribution in [0.15, 0.2) is 83.8 Å². The van der Waals surface area contributed by atoms with Crippen molar-refractivity contribution in [1.29, 1.82) is 0 Å². The van der Waals surface area contributed by atoms with Crippen LogP contribution in [0.25, 0.3) is 0 Å². The third-order valence-corrected chi connectivity index (χ3v) is 5.80. The van der Waals surface area contributed by atoms with Crippen molar-refractivity contribution in [3.8, 4) is 5.75 Å². The minimum Gasteiger partial charge on any atom is -0.496 e. The molecule has 0 aliphatic heterocycles. The lowest BCUT2D eigenvalue weighted by atomic mass is 10.1. The highest BCUT2D eigenvalue weighted by molar-refractivity contribution is 7.92. The summed E-state index contributed by atoms with van der Waals surface area (Å²) in [5, 5.41) is 2.90. The summed E-state index contributed by atoms with van der Waals surface area (Å²) in [7, 11) is -2.24. The van der Waals surface area contributed by atoms with Gasteiger partial charge in [0, 0.05) is 5.56 Å². The molecule has 3 aromatic rings. The number of rotatable bonds is 7. The van der Waals surface area contributed by atoms with Crippen LogP contribution in [0, 0.1) is 0 Å². The molecule has 0 aromatic heterocycles. The van der Waals surface area contributed by atoms with Crippen LogP contribution in [0.2, 0.25) is 0 Å². The van der Waals surface area contributed by atoms with Crippen molar-refractivity contribution < 1.29 is 17.9 Å². The van der Waals surface area contributed by atoms with E-state index in [1.807, 2.05) is 31.2 Å². The quantitative estimate of drug-likeness (QED) is 0.617. The molecule has 1 amide bonds. The first-order valence-electron chi connectivity index (χ1n) is 9.03. The summed E-state index contributed by atoms with van der Waals surface area (Å²) in [5.74, 6) is 0.271. The van der Waals surface area contributed by atoms with Gasteiger partial charge in [0.05, 0.1) is 29.3 Å². The van der Waals surface area contributed by atoms with E-state index < -0.39 is 15.9 Å². The monoisotopic (exact) mass is 410 g/mol. The van der Waals surface area contributed by atoms with E-state index in [-0.39, 0.29) is 22.2 Å². The van der Waals surface area contributed by atoms with Crippen LogP contribution in [0.1, 0.15) is 28.9 Å². The largest absolute Gasteiger partial charge is 0.496 e. The number of amides is 1. The van der Waals surface area contributed by atoms with Gasteiger partial charge in [0.1, 0.15) is 5.75 Å². The van der Waals surface area contributed by atoms with Crippen LogP contribution in [-0.4, -0.2) is 21.4 Å². The van der Waals surface area contributed by atoms with Gasteiger partial charge < -0.3 is 10.1 Å². The number of ether oxygens (including phenoxy) is 1. The molecule has 0 aliphatic rings. The minimum absolute atomic E-state index is 0.123. The van der Waals surface area contributed by atoms with E-state index in [0.29, 0.717) is 5.75 Å². The second-order valence-corrected chi connectivity index (χ2v) is 8.08. The van der Waals surface area contributed by atoms with Crippen molar-refractivity contribution in [3.05, 3.63) is 90.0 Å². The molecule has 0 saturated heterocycles. The van der Waals surface area contributed by atoms with Crippen molar-refractivity contribution in [2.45, 2.75) is 17.9 Å². The zero-order valence-corrected chi connectivity index (χ0v) is 16.9. The second kappa shape index (κ2) is 8.79. The number of hydrogen-bond acceptors (Lipinski definition) is 4. The number of sulfonamides is 1. The number of carbonyl (C=O) groups excluding carboxylic acids is 1. The zero-order valence-electron chi connectivity index (χ0n) is 16.1. The molecule has 6 nitrogen and oxygen atoms in total. The zero-order chi connectivity index (χ0) is 20.9. The lowest BCUT2D eigenvalue weighted by Crippen LogP contribution is -2.28. The molecule has 3 aromatic carbocycles. The molecule has 0 spiro atoms. The molecule has 0 saturated carbocycles. The Morgan fingerprint density at radius 1 is 0.897 bits per heavy atom. The van der Waals surface area contributed by atoms with E-state index in [9.17, 15) is 13.2 Å². The molecule has 0 aliphatic carbocycles. The number of nitrogens with one attached hydrogen (secondary N) is 2. The van der Waals surface area contributed by atoms with Gasteiger partial charge in [-0.05, 0) is 37.3 Å². The molecule has 0 bridgehead atoms. The fourth-order valence-corrected chi connectivity index (χ4v) is 4.05. The molecule has 150 valence electrons. The lowest BCUT2D eigenvalue weighted by Gasteiger charge is -2.18. The van der Waals surface area contributed by atoms with Gasteiger partial charge in [0.25, 0.3) is 15.9 Å². The van der Waals surface area contributed by atoms with Crippen LogP contribution in [0.5, 0.6) is 5.75 Å². The Morgan fingerprint density at radius 3 is 2.24 bits per heavy atom. The molecule has 7 heteroatoms. The molecule has 0 unspecified atom stereocenters. The van der Waals surface area contributed by atoms with Crippen molar-refractivity contribution in [3.63, 3.8) is 0 Å². The minimum atomic E-state index is -3.81. The maximum atomic E-state index is 12.9. The number of carbonyl (C=O) groups is 1. The van der Waals surface area contributed by atoms with Crippen LogP contribution >= 0.6 is 0 Å². The lowest BCUT2D eigenvalue weighted by molar-refractivity contribution is 0.0940. The predicted octanol–water partition coefficient (Wildman–Crippen LogP) is 3.99. The summed E-state index contributed by atoms with van der Waals surface area (Å²) in [5.41, 5.74) is 1.26. The second-order valence-electron chi connectivity index (χ2n) is 6.40. The van der Waals surface area contributed by atoms with Crippen molar-refractivity contribution in [2.75, 3.05) is 11.8 Å². The maximum absolute atomic E-state index is 12.9. The van der Waals surface area contributed by atoms with Crippen molar-refractivity contribution in [1.82, 2.24) is 5.32 Å². The van der Waals surface area contributed by atoms with Crippen LogP contribution in [-0.2, 0) is 10.0 Å². The molecule has 3 rings (SSSR count). The molecular formula is C22H22N2O4S. The Kier molecular flexibility index (Phi) is 6.19. The van der Waals surface area contributed by atoms with Gasteiger partial charge in [-0.2, -0.15) is 0 Å². The van der Waals surface area contributed by atoms with Crippen LogP contribution in [0.4, 0.5) is 5.69 Å². The summed E-state index contributed by atoms with van der Waals surface area (Å²) in [4.78, 5) is 13.0. The first-order valence-corrected chi connectivity index (χ1v) is 10.5. The van der Waals surface area contributed by atoms with Gasteiger partial charge in [-0.1, -0.05) is 48.5 Å². The Labute approximate surface area is 170 Å². The summed E-state index contributed by atoms with van der Waals surface area (Å²) >= 11 is 0. The third-order valence-electron chi connectivity index (χ3n) is 4.42. The molecule has 0 fully saturated rings. The standard InChI is InChI=1S/C22H22N2O4S/c1-16(18-12-7-9-15-21(18)28-2)23-22(25)19-13-6-8-14-20(19)24-29(26,27)17-10-4-3-5-11-17/h3-16,24H,1-2H3,(H,23,25)/t16-/m0/s1. The first kappa shape index (κ1) is 20.4. The van der Waals surface area contributed by atoms with Gasteiger partial charge in [-0.25, -0.2) is 8.42 Å². The highest BCUT2D eigenvalue weighted by Gasteiger charge is 2.20.